The molecular weight excluding hydrogens is 242 g/mol. The van der Waals surface area contributed by atoms with Gasteiger partial charge in [-0.3, -0.25) is 0 Å². The predicted molar refractivity (Wildman–Crippen MR) is 61.8 cm³/mol. The van der Waals surface area contributed by atoms with E-state index in [0.29, 0.717) is 0 Å². The predicted octanol–water partition coefficient (Wildman–Crippen LogP) is -0.618. The number of alkyl carbamates (subject to hydrolysis) is 1. The number of aliphatic hydroxyl groups excluding tert-OH is 2. The fourth-order valence-electron chi connectivity index (χ4n) is 1.63. The molecule has 7 heteroatoms. The summed E-state index contributed by atoms with van der Waals surface area (Å²) in [6.45, 7) is 3.71. The topological polar surface area (TPSA) is 97.3 Å². The van der Waals surface area contributed by atoms with Gasteiger partial charge in [0.15, 0.2) is 6.29 Å². The molecule has 0 aliphatic carbocycles. The molecule has 104 valence electrons. The lowest BCUT2D eigenvalue weighted by atomic mass is 10.0. The summed E-state index contributed by atoms with van der Waals surface area (Å²) in [6.07, 6.45) is -2.29. The maximum atomic E-state index is 11.2. The Hall–Kier alpha value is -1.15. The highest BCUT2D eigenvalue weighted by Crippen LogP contribution is 2.20. The fraction of sp³-hybridized carbons (Fsp3) is 0.727. The van der Waals surface area contributed by atoms with Crippen LogP contribution >= 0.6 is 0 Å². The van der Waals surface area contributed by atoms with Crippen molar-refractivity contribution in [2.45, 2.75) is 31.0 Å². The van der Waals surface area contributed by atoms with Crippen LogP contribution in [0.1, 0.15) is 6.42 Å². The summed E-state index contributed by atoms with van der Waals surface area (Å²) in [4.78, 5) is 11.2. The van der Waals surface area contributed by atoms with E-state index in [0.717, 1.165) is 0 Å². The molecule has 1 aliphatic rings. The van der Waals surface area contributed by atoms with E-state index in [1.165, 1.54) is 13.2 Å². The van der Waals surface area contributed by atoms with Crippen LogP contribution in [0.15, 0.2) is 12.7 Å². The van der Waals surface area contributed by atoms with Crippen LogP contribution in [-0.4, -0.2) is 61.2 Å². The van der Waals surface area contributed by atoms with Gasteiger partial charge in [0.2, 0.25) is 0 Å². The van der Waals surface area contributed by atoms with Crippen LogP contribution in [-0.2, 0) is 14.2 Å². The van der Waals surface area contributed by atoms with E-state index in [4.69, 9.17) is 14.2 Å². The van der Waals surface area contributed by atoms with Crippen molar-refractivity contribution in [3.8, 4) is 0 Å². The minimum absolute atomic E-state index is 0.124. The van der Waals surface area contributed by atoms with Crippen molar-refractivity contribution in [2.24, 2.45) is 0 Å². The third kappa shape index (κ3) is 4.26. The Balaban J connectivity index is 2.34. The average Bonchev–Trinajstić information content (AvgIpc) is 2.37. The molecule has 1 rings (SSSR count). The number of carbonyl (C=O) groups excluding carboxylic acids is 1. The first-order chi connectivity index (χ1) is 8.58. The van der Waals surface area contributed by atoms with Crippen LogP contribution in [0.25, 0.3) is 0 Å². The monoisotopic (exact) mass is 261 g/mol. The summed E-state index contributed by atoms with van der Waals surface area (Å²) < 4.78 is 15.0. The minimum atomic E-state index is -1.08. The molecule has 2 unspecified atom stereocenters. The number of nitrogens with one attached hydrogen (secondary N) is 1. The fourth-order valence-corrected chi connectivity index (χ4v) is 1.63. The van der Waals surface area contributed by atoms with Crippen LogP contribution in [0.5, 0.6) is 0 Å². The summed E-state index contributed by atoms with van der Waals surface area (Å²) in [5.74, 6) is 0. The molecule has 1 fully saturated rings. The van der Waals surface area contributed by atoms with Crippen LogP contribution in [0, 0.1) is 0 Å². The number of hydrogen-bond acceptors (Lipinski definition) is 6. The Kier molecular flexibility index (Phi) is 6.06. The molecule has 3 N–H and O–H groups in total. The number of amides is 1. The van der Waals surface area contributed by atoms with E-state index >= 15 is 0 Å². The number of aliphatic hydroxyl groups is 2. The van der Waals surface area contributed by atoms with Gasteiger partial charge in [-0.15, -0.1) is 0 Å². The minimum Gasteiger partial charge on any atom is -0.445 e. The summed E-state index contributed by atoms with van der Waals surface area (Å²) in [5.41, 5.74) is 0. The zero-order chi connectivity index (χ0) is 13.5. The first kappa shape index (κ1) is 14.9. The van der Waals surface area contributed by atoms with Crippen LogP contribution in [0.4, 0.5) is 4.79 Å². The number of methoxy groups -OCH3 is 1. The second-order valence-electron chi connectivity index (χ2n) is 3.92. The lowest BCUT2D eigenvalue weighted by Gasteiger charge is -2.36. The largest absolute Gasteiger partial charge is 0.445 e. The lowest BCUT2D eigenvalue weighted by molar-refractivity contribution is -0.256. The molecule has 1 heterocycles. The van der Waals surface area contributed by atoms with Crippen molar-refractivity contribution in [2.75, 3.05) is 20.3 Å². The normalized spacial score (nSPS) is 31.7. The average molecular weight is 261 g/mol. The molecule has 7 nitrogen and oxygen atoms in total. The molecule has 0 radical (unpaired) electrons. The van der Waals surface area contributed by atoms with Gasteiger partial charge in [-0.25, -0.2) is 4.79 Å². The van der Waals surface area contributed by atoms with E-state index < -0.39 is 30.7 Å². The first-order valence-electron chi connectivity index (χ1n) is 5.64. The molecule has 1 saturated heterocycles. The van der Waals surface area contributed by atoms with Gasteiger partial charge in [-0.1, -0.05) is 12.7 Å². The van der Waals surface area contributed by atoms with Gasteiger partial charge in [0.05, 0.1) is 12.2 Å². The Morgan fingerprint density at radius 1 is 1.61 bits per heavy atom. The zero-order valence-electron chi connectivity index (χ0n) is 10.2. The third-order valence-electron chi connectivity index (χ3n) is 2.54. The molecule has 0 aromatic heterocycles. The summed E-state index contributed by atoms with van der Waals surface area (Å²) in [6, 6.07) is 0. The smallest absolute Gasteiger partial charge is 0.407 e. The second-order valence-corrected chi connectivity index (χ2v) is 3.92. The molecule has 4 atom stereocenters. The number of hydrogen-bond donors (Lipinski definition) is 3. The maximum Gasteiger partial charge on any atom is 0.407 e. The lowest BCUT2D eigenvalue weighted by Crippen LogP contribution is -2.51. The van der Waals surface area contributed by atoms with E-state index in [1.54, 1.807) is 0 Å². The van der Waals surface area contributed by atoms with Crippen molar-refractivity contribution in [1.29, 1.82) is 0 Å². The van der Waals surface area contributed by atoms with Crippen molar-refractivity contribution < 1.29 is 29.2 Å². The number of rotatable bonds is 5. The van der Waals surface area contributed by atoms with Crippen LogP contribution in [0.2, 0.25) is 0 Å². The van der Waals surface area contributed by atoms with Crippen molar-refractivity contribution in [3.05, 3.63) is 12.7 Å². The molecule has 1 aliphatic heterocycles. The van der Waals surface area contributed by atoms with Gasteiger partial charge in [-0.2, -0.15) is 0 Å². The molecular formula is C11H19NO6. The van der Waals surface area contributed by atoms with E-state index in [2.05, 4.69) is 11.9 Å². The van der Waals surface area contributed by atoms with Gasteiger partial charge in [0.1, 0.15) is 12.7 Å². The SMILES string of the molecule is C=CCOC(=O)NCC1CC(O)[C@H](O)[C@@H](OC)O1. The van der Waals surface area contributed by atoms with Gasteiger partial charge >= 0.3 is 6.09 Å². The van der Waals surface area contributed by atoms with Gasteiger partial charge in [0, 0.05) is 20.1 Å². The van der Waals surface area contributed by atoms with Gasteiger partial charge in [-0.05, 0) is 0 Å². The molecule has 18 heavy (non-hydrogen) atoms. The summed E-state index contributed by atoms with van der Waals surface area (Å²) in [5, 5.41) is 21.6. The highest BCUT2D eigenvalue weighted by atomic mass is 16.7. The zero-order valence-corrected chi connectivity index (χ0v) is 10.2. The van der Waals surface area contributed by atoms with E-state index in [1.807, 2.05) is 0 Å². The van der Waals surface area contributed by atoms with Crippen molar-refractivity contribution in [3.63, 3.8) is 0 Å². The Morgan fingerprint density at radius 3 is 2.94 bits per heavy atom. The molecule has 0 aromatic carbocycles. The van der Waals surface area contributed by atoms with Crippen molar-refractivity contribution in [1.82, 2.24) is 5.32 Å². The molecule has 0 spiro atoms. The van der Waals surface area contributed by atoms with E-state index in [9.17, 15) is 15.0 Å². The highest BCUT2D eigenvalue weighted by molar-refractivity contribution is 5.67. The Bertz CT molecular complexity index is 285. The standard InChI is InChI=1S/C11H19NO6/c1-3-4-17-11(15)12-6-7-5-8(13)9(14)10(16-2)18-7/h3,7-10,13-14H,1,4-6H2,2H3,(H,12,15)/t7?,8?,9-,10-/m0/s1. The Morgan fingerprint density at radius 2 is 2.33 bits per heavy atom. The third-order valence-corrected chi connectivity index (χ3v) is 2.54. The Labute approximate surface area is 105 Å². The molecule has 0 bridgehead atoms. The van der Waals surface area contributed by atoms with Crippen molar-refractivity contribution >= 4 is 6.09 Å². The van der Waals surface area contributed by atoms with Gasteiger partial charge < -0.3 is 29.7 Å². The second kappa shape index (κ2) is 7.32. The maximum absolute atomic E-state index is 11.2. The molecule has 1 amide bonds. The van der Waals surface area contributed by atoms with E-state index in [-0.39, 0.29) is 19.6 Å². The van der Waals surface area contributed by atoms with Gasteiger partial charge in [0.25, 0.3) is 0 Å². The number of carbonyl (C=O) groups is 1. The highest BCUT2D eigenvalue weighted by Gasteiger charge is 2.36. The summed E-state index contributed by atoms with van der Waals surface area (Å²) >= 11 is 0. The molecule has 0 saturated carbocycles. The first-order valence-corrected chi connectivity index (χ1v) is 5.64. The summed E-state index contributed by atoms with van der Waals surface area (Å²) in [7, 11) is 1.37. The van der Waals surface area contributed by atoms with Crippen LogP contribution in [0.3, 0.4) is 0 Å². The van der Waals surface area contributed by atoms with Crippen LogP contribution < -0.4 is 5.32 Å². The molecule has 0 aromatic rings. The number of ether oxygens (including phenoxy) is 3. The quantitative estimate of drug-likeness (QED) is 0.571.